The van der Waals surface area contributed by atoms with Crippen LogP contribution in [0, 0.1) is 0 Å². The molecule has 0 aliphatic heterocycles. The van der Waals surface area contributed by atoms with Crippen molar-refractivity contribution in [3.8, 4) is 34.3 Å². The van der Waals surface area contributed by atoms with Gasteiger partial charge in [-0.3, -0.25) is 0 Å². The van der Waals surface area contributed by atoms with Crippen LogP contribution in [0.1, 0.15) is 5.56 Å². The summed E-state index contributed by atoms with van der Waals surface area (Å²) in [5.74, 6) is -0.0244. The normalized spacial score (nSPS) is 11.4. The molecule has 0 saturated heterocycles. The van der Waals surface area contributed by atoms with E-state index >= 15 is 0 Å². The quantitative estimate of drug-likeness (QED) is 0.281. The largest absolute Gasteiger partial charge is 0.573 e. The molecule has 4 aromatic rings. The van der Waals surface area contributed by atoms with Crippen molar-refractivity contribution in [1.29, 1.82) is 0 Å². The van der Waals surface area contributed by atoms with Gasteiger partial charge >= 0.3 is 12.3 Å². The summed E-state index contributed by atoms with van der Waals surface area (Å²) < 4.78 is 46.7. The van der Waals surface area contributed by atoms with Crippen LogP contribution in [0.2, 0.25) is 0 Å². The smallest absolute Gasteiger partial charge is 0.497 e. The summed E-state index contributed by atoms with van der Waals surface area (Å²) >= 11 is 0. The second-order valence-corrected chi connectivity index (χ2v) is 7.53. The Morgan fingerprint density at radius 3 is 1.86 bits per heavy atom. The van der Waals surface area contributed by atoms with E-state index in [0.717, 1.165) is 6.08 Å². The molecule has 0 aliphatic rings. The highest BCUT2D eigenvalue weighted by Crippen LogP contribution is 2.28. The number of aliphatic carboxylic acids is 1. The number of aromatic nitrogens is 3. The third-order valence-electron chi connectivity index (χ3n) is 4.91. The molecule has 4 rings (SSSR count). The maximum Gasteiger partial charge on any atom is 0.573 e. The van der Waals surface area contributed by atoms with Crippen LogP contribution in [-0.4, -0.2) is 39.5 Å². The molecule has 3 aromatic carbocycles. The van der Waals surface area contributed by atoms with Gasteiger partial charge in [-0.15, -0.1) is 13.2 Å². The van der Waals surface area contributed by atoms with Crippen molar-refractivity contribution in [2.45, 2.75) is 6.36 Å². The van der Waals surface area contributed by atoms with Crippen molar-refractivity contribution >= 4 is 23.7 Å². The van der Waals surface area contributed by atoms with Crippen LogP contribution in [0.25, 0.3) is 28.9 Å². The lowest BCUT2D eigenvalue weighted by atomic mass is 10.2. The fraction of sp³-hybridized carbons (Fsp3) is 0.0769. The summed E-state index contributed by atoms with van der Waals surface area (Å²) in [6.07, 6.45) is -2.31. The second-order valence-electron chi connectivity index (χ2n) is 7.53. The molecule has 37 heavy (non-hydrogen) atoms. The lowest BCUT2D eigenvalue weighted by Crippen LogP contribution is -2.16. The van der Waals surface area contributed by atoms with Crippen LogP contribution in [0.3, 0.4) is 0 Å². The Morgan fingerprint density at radius 2 is 1.38 bits per heavy atom. The van der Waals surface area contributed by atoms with Crippen molar-refractivity contribution in [3.05, 3.63) is 84.4 Å². The molecule has 0 bridgehead atoms. The summed E-state index contributed by atoms with van der Waals surface area (Å²) in [5, 5.41) is 11.9. The summed E-state index contributed by atoms with van der Waals surface area (Å²) in [5.41, 5.74) is 2.42. The summed E-state index contributed by atoms with van der Waals surface area (Å²) in [6.45, 7) is 0. The fourth-order valence-electron chi connectivity index (χ4n) is 3.21. The van der Waals surface area contributed by atoms with Crippen LogP contribution in [-0.2, 0) is 4.79 Å². The summed E-state index contributed by atoms with van der Waals surface area (Å²) in [6, 6.07) is 19.1. The first-order valence-corrected chi connectivity index (χ1v) is 10.7. The average molecular weight is 508 g/mol. The van der Waals surface area contributed by atoms with Crippen molar-refractivity contribution in [2.75, 3.05) is 12.4 Å². The molecule has 0 spiro atoms. The number of rotatable bonds is 8. The van der Waals surface area contributed by atoms with Gasteiger partial charge < -0.3 is 19.9 Å². The third kappa shape index (κ3) is 7.04. The number of hydrogen-bond donors (Lipinski definition) is 2. The van der Waals surface area contributed by atoms with Gasteiger partial charge in [0.15, 0.2) is 11.6 Å². The number of halogens is 3. The van der Waals surface area contributed by atoms with Crippen LogP contribution in [0.4, 0.5) is 24.8 Å². The molecule has 1 aromatic heterocycles. The number of carbonyl (C=O) groups is 1. The zero-order valence-corrected chi connectivity index (χ0v) is 19.2. The van der Waals surface area contributed by atoms with Crippen molar-refractivity contribution in [1.82, 2.24) is 15.0 Å². The van der Waals surface area contributed by atoms with Crippen LogP contribution < -0.4 is 14.8 Å². The highest BCUT2D eigenvalue weighted by atomic mass is 19.4. The molecule has 8 nitrogen and oxygen atoms in total. The third-order valence-corrected chi connectivity index (χ3v) is 4.91. The van der Waals surface area contributed by atoms with Gasteiger partial charge in [0.25, 0.3) is 0 Å². The van der Waals surface area contributed by atoms with Crippen LogP contribution in [0.5, 0.6) is 11.5 Å². The Hall–Kier alpha value is -4.93. The predicted octanol–water partition coefficient (Wildman–Crippen LogP) is 5.95. The van der Waals surface area contributed by atoms with Crippen molar-refractivity contribution in [2.24, 2.45) is 0 Å². The van der Waals surface area contributed by atoms with E-state index < -0.39 is 12.3 Å². The molecule has 0 fully saturated rings. The number of hydrogen-bond acceptors (Lipinski definition) is 7. The molecule has 0 aliphatic carbocycles. The zero-order valence-electron chi connectivity index (χ0n) is 19.2. The topological polar surface area (TPSA) is 106 Å². The molecule has 0 atom stereocenters. The molecule has 188 valence electrons. The van der Waals surface area contributed by atoms with Gasteiger partial charge in [0.05, 0.1) is 7.11 Å². The number of benzene rings is 3. The van der Waals surface area contributed by atoms with Gasteiger partial charge in [0.1, 0.15) is 11.5 Å². The molecule has 0 radical (unpaired) electrons. The minimum absolute atomic E-state index is 0.195. The zero-order chi connectivity index (χ0) is 26.4. The minimum Gasteiger partial charge on any atom is -0.497 e. The fourth-order valence-corrected chi connectivity index (χ4v) is 3.21. The predicted molar refractivity (Wildman–Crippen MR) is 130 cm³/mol. The average Bonchev–Trinajstić information content (AvgIpc) is 2.87. The lowest BCUT2D eigenvalue weighted by Gasteiger charge is -2.11. The Labute approximate surface area is 209 Å². The SMILES string of the molecule is COc1ccc(-c2nc(Nc3ccc(/C=C/C(=O)O)cc3)nc(-c3ccc(OC(F)(F)F)cc3)n2)cc1. The maximum atomic E-state index is 12.5. The van der Waals surface area contributed by atoms with Gasteiger partial charge in [0, 0.05) is 22.9 Å². The molecule has 0 unspecified atom stereocenters. The van der Waals surface area contributed by atoms with Crippen LogP contribution >= 0.6 is 0 Å². The number of anilines is 2. The molecule has 2 N–H and O–H groups in total. The molecular formula is C26H19F3N4O4. The summed E-state index contributed by atoms with van der Waals surface area (Å²) in [4.78, 5) is 24.1. The van der Waals surface area contributed by atoms with E-state index in [9.17, 15) is 18.0 Å². The molecular weight excluding hydrogens is 489 g/mol. The van der Waals surface area contributed by atoms with Gasteiger partial charge in [-0.05, 0) is 72.3 Å². The summed E-state index contributed by atoms with van der Waals surface area (Å²) in [7, 11) is 1.55. The number of carboxylic acid groups (broad SMARTS) is 1. The highest BCUT2D eigenvalue weighted by Gasteiger charge is 2.31. The maximum absolute atomic E-state index is 12.5. The lowest BCUT2D eigenvalue weighted by molar-refractivity contribution is -0.274. The van der Waals surface area contributed by atoms with Crippen molar-refractivity contribution < 1.29 is 32.5 Å². The van der Waals surface area contributed by atoms with Gasteiger partial charge in [0.2, 0.25) is 5.95 Å². The highest BCUT2D eigenvalue weighted by molar-refractivity contribution is 5.85. The van der Waals surface area contributed by atoms with Gasteiger partial charge in [-0.25, -0.2) is 9.78 Å². The Kier molecular flexibility index (Phi) is 7.33. The Balaban J connectivity index is 1.68. The van der Waals surface area contributed by atoms with E-state index in [1.807, 2.05) is 0 Å². The van der Waals surface area contributed by atoms with Gasteiger partial charge in [-0.1, -0.05) is 12.1 Å². The number of alkyl halides is 3. The van der Waals surface area contributed by atoms with E-state index in [2.05, 4.69) is 25.0 Å². The molecule has 0 amide bonds. The first-order chi connectivity index (χ1) is 17.7. The number of nitrogens with zero attached hydrogens (tertiary/aromatic N) is 3. The van der Waals surface area contributed by atoms with E-state index in [1.165, 1.54) is 30.3 Å². The molecule has 1 heterocycles. The van der Waals surface area contributed by atoms with E-state index in [-0.39, 0.29) is 17.5 Å². The first-order valence-electron chi connectivity index (χ1n) is 10.7. The Morgan fingerprint density at radius 1 is 0.838 bits per heavy atom. The number of carboxylic acids is 1. The van der Waals surface area contributed by atoms with Crippen molar-refractivity contribution in [3.63, 3.8) is 0 Å². The first kappa shape index (κ1) is 25.2. The molecule has 0 saturated carbocycles. The minimum atomic E-state index is -4.80. The Bertz CT molecular complexity index is 1410. The number of ether oxygens (including phenoxy) is 2. The second kappa shape index (κ2) is 10.8. The van der Waals surface area contributed by atoms with Gasteiger partial charge in [-0.2, -0.15) is 9.97 Å². The monoisotopic (exact) mass is 508 g/mol. The van der Waals surface area contributed by atoms with Crippen LogP contribution in [0.15, 0.2) is 78.9 Å². The molecule has 11 heteroatoms. The van der Waals surface area contributed by atoms with E-state index in [1.54, 1.807) is 55.6 Å². The van der Waals surface area contributed by atoms with E-state index in [0.29, 0.717) is 34.0 Å². The number of methoxy groups -OCH3 is 1. The van der Waals surface area contributed by atoms with E-state index in [4.69, 9.17) is 9.84 Å². The standard InChI is InChI=1S/C26H19F3N4O4/c1-36-20-11-5-17(6-12-20)23-31-24(18-7-13-21(14-8-18)37-26(27,28)29)33-25(32-23)30-19-9-2-16(3-10-19)4-15-22(34)35/h2-15H,1H3,(H,34,35)(H,30,31,32,33)/b15-4+. The number of nitrogens with one attached hydrogen (secondary N) is 1.